The average molecular weight is 292 g/mol. The monoisotopic (exact) mass is 291 g/mol. The number of amides is 1. The predicted octanol–water partition coefficient (Wildman–Crippen LogP) is 3.49. The largest absolute Gasteiger partial charge is 0.447 e. The van der Waals surface area contributed by atoms with Gasteiger partial charge in [-0.1, -0.05) is 0 Å². The smallest absolute Gasteiger partial charge is 0.410 e. The van der Waals surface area contributed by atoms with Gasteiger partial charge in [-0.2, -0.15) is 0 Å². The highest BCUT2D eigenvalue weighted by molar-refractivity contribution is 9.11. The van der Waals surface area contributed by atoms with Gasteiger partial charge in [0, 0.05) is 13.6 Å². The molecule has 5 heteroatoms. The van der Waals surface area contributed by atoms with Crippen LogP contribution in [0, 0.1) is 0 Å². The van der Waals surface area contributed by atoms with E-state index in [-0.39, 0.29) is 12.2 Å². The molecule has 1 rings (SSSR count). The van der Waals surface area contributed by atoms with Crippen LogP contribution in [0.2, 0.25) is 0 Å². The second kappa shape index (κ2) is 5.51. The van der Waals surface area contributed by atoms with Crippen molar-refractivity contribution in [2.24, 2.45) is 0 Å². The minimum absolute atomic E-state index is 0.0749. The molecule has 0 atom stereocenters. The van der Waals surface area contributed by atoms with Crippen LogP contribution in [-0.4, -0.2) is 24.1 Å². The number of hydrogen-bond acceptors (Lipinski definition) is 3. The molecule has 0 saturated heterocycles. The normalized spacial score (nSPS) is 10.5. The molecule has 0 fully saturated rings. The molecule has 1 aromatic rings. The quantitative estimate of drug-likeness (QED) is 0.853. The van der Waals surface area contributed by atoms with Crippen LogP contribution in [0.1, 0.15) is 19.4 Å². The second-order valence-corrected chi connectivity index (χ2v) is 5.84. The van der Waals surface area contributed by atoms with Crippen LogP contribution >= 0.6 is 27.3 Å². The number of carbonyl (C=O) groups is 1. The van der Waals surface area contributed by atoms with Gasteiger partial charge in [0.25, 0.3) is 0 Å². The van der Waals surface area contributed by atoms with E-state index in [0.29, 0.717) is 6.54 Å². The summed E-state index contributed by atoms with van der Waals surface area (Å²) in [5.41, 5.74) is 1.11. The van der Waals surface area contributed by atoms with Crippen molar-refractivity contribution in [1.29, 1.82) is 0 Å². The van der Waals surface area contributed by atoms with Crippen LogP contribution in [0.25, 0.3) is 0 Å². The van der Waals surface area contributed by atoms with Gasteiger partial charge in [-0.05, 0) is 46.8 Å². The van der Waals surface area contributed by atoms with Crippen LogP contribution in [0.15, 0.2) is 15.2 Å². The van der Waals surface area contributed by atoms with E-state index in [4.69, 9.17) is 4.74 Å². The Bertz CT molecular complexity index is 338. The molecular formula is C10H14BrNO2S. The highest BCUT2D eigenvalue weighted by Crippen LogP contribution is 2.21. The SMILES string of the molecule is CC(C)OC(=O)N(C)Cc1csc(Br)c1. The third-order valence-electron chi connectivity index (χ3n) is 1.69. The molecule has 15 heavy (non-hydrogen) atoms. The van der Waals surface area contributed by atoms with Crippen LogP contribution in [-0.2, 0) is 11.3 Å². The van der Waals surface area contributed by atoms with E-state index in [2.05, 4.69) is 15.9 Å². The van der Waals surface area contributed by atoms with Crippen molar-refractivity contribution in [1.82, 2.24) is 4.90 Å². The molecule has 84 valence electrons. The summed E-state index contributed by atoms with van der Waals surface area (Å²) in [6, 6.07) is 2.00. The van der Waals surface area contributed by atoms with Crippen molar-refractivity contribution < 1.29 is 9.53 Å². The molecule has 3 nitrogen and oxygen atoms in total. The molecule has 0 aromatic carbocycles. The first kappa shape index (κ1) is 12.5. The molecule has 0 aliphatic heterocycles. The van der Waals surface area contributed by atoms with Gasteiger partial charge in [-0.15, -0.1) is 11.3 Å². The summed E-state index contributed by atoms with van der Waals surface area (Å²) in [4.78, 5) is 13.0. The van der Waals surface area contributed by atoms with Crippen LogP contribution in [0.3, 0.4) is 0 Å². The van der Waals surface area contributed by atoms with Crippen molar-refractivity contribution in [2.45, 2.75) is 26.5 Å². The number of carbonyl (C=O) groups excluding carboxylic acids is 1. The van der Waals surface area contributed by atoms with Gasteiger partial charge in [-0.25, -0.2) is 4.79 Å². The van der Waals surface area contributed by atoms with E-state index in [1.165, 1.54) is 0 Å². The summed E-state index contributed by atoms with van der Waals surface area (Å²) in [5, 5.41) is 2.02. The lowest BCUT2D eigenvalue weighted by Crippen LogP contribution is -2.28. The molecule has 1 heterocycles. The minimum Gasteiger partial charge on any atom is -0.447 e. The summed E-state index contributed by atoms with van der Waals surface area (Å²) in [6.45, 7) is 4.26. The van der Waals surface area contributed by atoms with Crippen LogP contribution in [0.4, 0.5) is 4.79 Å². The Morgan fingerprint density at radius 2 is 2.33 bits per heavy atom. The highest BCUT2D eigenvalue weighted by atomic mass is 79.9. The Labute approximate surface area is 102 Å². The number of halogens is 1. The molecule has 0 radical (unpaired) electrons. The Kier molecular flexibility index (Phi) is 4.60. The fourth-order valence-electron chi connectivity index (χ4n) is 1.06. The first-order valence-electron chi connectivity index (χ1n) is 4.63. The third kappa shape index (κ3) is 4.22. The van der Waals surface area contributed by atoms with E-state index >= 15 is 0 Å². The van der Waals surface area contributed by atoms with Crippen molar-refractivity contribution in [3.63, 3.8) is 0 Å². The highest BCUT2D eigenvalue weighted by Gasteiger charge is 2.12. The lowest BCUT2D eigenvalue weighted by molar-refractivity contribution is 0.0823. The maximum atomic E-state index is 11.5. The van der Waals surface area contributed by atoms with Gasteiger partial charge >= 0.3 is 6.09 Å². The van der Waals surface area contributed by atoms with Crippen molar-refractivity contribution >= 4 is 33.4 Å². The van der Waals surface area contributed by atoms with Crippen LogP contribution < -0.4 is 0 Å². The Balaban J connectivity index is 2.48. The first-order chi connectivity index (χ1) is 6.99. The van der Waals surface area contributed by atoms with E-state index < -0.39 is 0 Å². The lowest BCUT2D eigenvalue weighted by atomic mass is 10.3. The molecule has 0 aliphatic carbocycles. The van der Waals surface area contributed by atoms with Gasteiger partial charge in [0.2, 0.25) is 0 Å². The molecule has 0 unspecified atom stereocenters. The standard InChI is InChI=1S/C10H14BrNO2S/c1-7(2)14-10(13)12(3)5-8-4-9(11)15-6-8/h4,6-7H,5H2,1-3H3. The summed E-state index contributed by atoms with van der Waals surface area (Å²) >= 11 is 4.99. The molecule has 0 saturated carbocycles. The lowest BCUT2D eigenvalue weighted by Gasteiger charge is -2.17. The Hall–Kier alpha value is -0.550. The fraction of sp³-hybridized carbons (Fsp3) is 0.500. The molecular weight excluding hydrogens is 278 g/mol. The summed E-state index contributed by atoms with van der Waals surface area (Å²) < 4.78 is 6.14. The van der Waals surface area contributed by atoms with Crippen LogP contribution in [0.5, 0.6) is 0 Å². The van der Waals surface area contributed by atoms with Gasteiger partial charge in [0.15, 0.2) is 0 Å². The van der Waals surface area contributed by atoms with E-state index in [1.54, 1.807) is 23.3 Å². The zero-order valence-corrected chi connectivity index (χ0v) is 11.4. The number of thiophene rings is 1. The molecule has 0 spiro atoms. The average Bonchev–Trinajstić information content (AvgIpc) is 2.50. The zero-order chi connectivity index (χ0) is 11.4. The second-order valence-electron chi connectivity index (χ2n) is 3.55. The molecule has 1 amide bonds. The van der Waals surface area contributed by atoms with Crippen molar-refractivity contribution in [2.75, 3.05) is 7.05 Å². The number of ether oxygens (including phenoxy) is 1. The van der Waals surface area contributed by atoms with E-state index in [1.807, 2.05) is 25.3 Å². The van der Waals surface area contributed by atoms with Gasteiger partial charge in [0.05, 0.1) is 9.89 Å². The predicted molar refractivity (Wildman–Crippen MR) is 65.1 cm³/mol. The number of nitrogens with zero attached hydrogens (tertiary/aromatic N) is 1. The van der Waals surface area contributed by atoms with Gasteiger partial charge < -0.3 is 9.64 Å². The Morgan fingerprint density at radius 3 is 2.80 bits per heavy atom. The zero-order valence-electron chi connectivity index (χ0n) is 8.99. The van der Waals surface area contributed by atoms with E-state index in [0.717, 1.165) is 9.35 Å². The number of rotatable bonds is 3. The van der Waals surface area contributed by atoms with Crippen molar-refractivity contribution in [3.8, 4) is 0 Å². The maximum Gasteiger partial charge on any atom is 0.410 e. The van der Waals surface area contributed by atoms with Gasteiger partial charge in [0.1, 0.15) is 0 Å². The minimum atomic E-state index is -0.285. The summed E-state index contributed by atoms with van der Waals surface area (Å²) in [7, 11) is 1.73. The Morgan fingerprint density at radius 1 is 1.67 bits per heavy atom. The topological polar surface area (TPSA) is 29.5 Å². The van der Waals surface area contributed by atoms with Gasteiger partial charge in [-0.3, -0.25) is 0 Å². The molecule has 0 bridgehead atoms. The number of hydrogen-bond donors (Lipinski definition) is 0. The molecule has 1 aromatic heterocycles. The third-order valence-corrected chi connectivity index (χ3v) is 3.24. The molecule has 0 N–H and O–H groups in total. The van der Waals surface area contributed by atoms with E-state index in [9.17, 15) is 4.79 Å². The van der Waals surface area contributed by atoms with Crippen molar-refractivity contribution in [3.05, 3.63) is 20.8 Å². The summed E-state index contributed by atoms with van der Waals surface area (Å²) in [5.74, 6) is 0. The first-order valence-corrected chi connectivity index (χ1v) is 6.31. The molecule has 0 aliphatic rings. The maximum absolute atomic E-state index is 11.5. The summed E-state index contributed by atoms with van der Waals surface area (Å²) in [6.07, 6.45) is -0.360. The fourth-order valence-corrected chi connectivity index (χ4v) is 2.26.